The Balaban J connectivity index is 2.37. The highest BCUT2D eigenvalue weighted by molar-refractivity contribution is 5.79. The van der Waals surface area contributed by atoms with E-state index in [9.17, 15) is 13.2 Å². The maximum atomic E-state index is 12.5. The molecule has 0 saturated carbocycles. The third kappa shape index (κ3) is 7.47. The molecule has 1 atom stereocenters. The zero-order valence-corrected chi connectivity index (χ0v) is 15.8. The van der Waals surface area contributed by atoms with E-state index >= 15 is 0 Å². The second-order valence-corrected chi connectivity index (χ2v) is 6.70. The van der Waals surface area contributed by atoms with Crippen LogP contribution in [0.25, 0.3) is 0 Å². The summed E-state index contributed by atoms with van der Waals surface area (Å²) in [4.78, 5) is 7.75. The maximum absolute atomic E-state index is 12.5. The van der Waals surface area contributed by atoms with Crippen LogP contribution in [0.3, 0.4) is 0 Å². The van der Waals surface area contributed by atoms with Gasteiger partial charge in [0.15, 0.2) is 5.96 Å². The van der Waals surface area contributed by atoms with Gasteiger partial charge in [0.05, 0.1) is 18.2 Å². The number of nitrogens with one attached hydrogen (secondary N) is 2. The summed E-state index contributed by atoms with van der Waals surface area (Å²) in [5, 5.41) is 6.22. The summed E-state index contributed by atoms with van der Waals surface area (Å²) >= 11 is 0. The number of hydrogen-bond donors (Lipinski definition) is 2. The van der Waals surface area contributed by atoms with Gasteiger partial charge in [0.1, 0.15) is 6.61 Å². The van der Waals surface area contributed by atoms with Crippen molar-refractivity contribution in [2.24, 2.45) is 10.4 Å². The smallest absolute Gasteiger partial charge is 0.417 e. The summed E-state index contributed by atoms with van der Waals surface area (Å²) in [6.07, 6.45) is -3.65. The van der Waals surface area contributed by atoms with Crippen molar-refractivity contribution in [1.29, 1.82) is 0 Å². The third-order valence-electron chi connectivity index (χ3n) is 3.64. The monoisotopic (exact) mass is 376 g/mol. The van der Waals surface area contributed by atoms with Crippen LogP contribution >= 0.6 is 0 Å². The van der Waals surface area contributed by atoms with E-state index in [2.05, 4.69) is 41.4 Å². The molecule has 6 nitrogen and oxygen atoms in total. The molecule has 0 aliphatic carbocycles. The molecule has 1 aromatic rings. The lowest BCUT2D eigenvalue weighted by atomic mass is 9.89. The molecular weight excluding hydrogens is 349 g/mol. The molecule has 148 valence electrons. The summed E-state index contributed by atoms with van der Waals surface area (Å²) in [6.45, 7) is 7.49. The number of guanidine groups is 1. The van der Waals surface area contributed by atoms with Gasteiger partial charge in [-0.15, -0.1) is 0 Å². The Labute approximate surface area is 152 Å². The van der Waals surface area contributed by atoms with Crippen LogP contribution in [-0.4, -0.2) is 50.9 Å². The normalized spacial score (nSPS) is 14.1. The van der Waals surface area contributed by atoms with Crippen molar-refractivity contribution >= 4 is 5.96 Å². The highest BCUT2D eigenvalue weighted by atomic mass is 19.4. The van der Waals surface area contributed by atoms with Crippen LogP contribution in [0.1, 0.15) is 26.3 Å². The number of pyridine rings is 1. The summed E-state index contributed by atoms with van der Waals surface area (Å²) in [5.41, 5.74) is -0.822. The quantitative estimate of drug-likeness (QED) is 0.435. The summed E-state index contributed by atoms with van der Waals surface area (Å²) < 4.78 is 48.2. The topological polar surface area (TPSA) is 67.8 Å². The van der Waals surface area contributed by atoms with Crippen molar-refractivity contribution in [3.63, 3.8) is 0 Å². The molecule has 0 radical (unpaired) electrons. The average Bonchev–Trinajstić information content (AvgIpc) is 2.55. The molecule has 0 amide bonds. The molecule has 1 rings (SSSR count). The lowest BCUT2D eigenvalue weighted by molar-refractivity contribution is -0.137. The molecule has 0 fully saturated rings. The molecule has 0 aromatic carbocycles. The molecule has 9 heteroatoms. The Hall–Kier alpha value is -2.03. The molecule has 2 N–H and O–H groups in total. The largest absolute Gasteiger partial charge is 0.476 e. The Morgan fingerprint density at radius 2 is 1.92 bits per heavy atom. The molecular formula is C17H27F3N4O2. The zero-order valence-electron chi connectivity index (χ0n) is 15.8. The van der Waals surface area contributed by atoms with E-state index in [0.717, 1.165) is 12.3 Å². The molecule has 0 aliphatic rings. The Morgan fingerprint density at radius 1 is 1.23 bits per heavy atom. The highest BCUT2D eigenvalue weighted by Crippen LogP contribution is 2.29. The molecule has 26 heavy (non-hydrogen) atoms. The lowest BCUT2D eigenvalue weighted by Crippen LogP contribution is -2.46. The Kier molecular flexibility index (Phi) is 8.13. The number of alkyl halides is 3. The number of aromatic nitrogens is 1. The van der Waals surface area contributed by atoms with Gasteiger partial charge in [-0.3, -0.25) is 4.99 Å². The van der Waals surface area contributed by atoms with Crippen molar-refractivity contribution in [2.45, 2.75) is 33.1 Å². The first-order valence-corrected chi connectivity index (χ1v) is 8.21. The van der Waals surface area contributed by atoms with Crippen LogP contribution in [0, 0.1) is 5.41 Å². The predicted molar refractivity (Wildman–Crippen MR) is 94.4 cm³/mol. The first kappa shape index (κ1) is 22.0. The van der Waals surface area contributed by atoms with Crippen LogP contribution in [0.4, 0.5) is 13.2 Å². The van der Waals surface area contributed by atoms with E-state index in [0.29, 0.717) is 19.0 Å². The van der Waals surface area contributed by atoms with Gasteiger partial charge in [0.25, 0.3) is 0 Å². The maximum Gasteiger partial charge on any atom is 0.417 e. The van der Waals surface area contributed by atoms with Gasteiger partial charge in [-0.25, -0.2) is 4.98 Å². The van der Waals surface area contributed by atoms with E-state index in [1.807, 2.05) is 0 Å². The molecule has 1 aromatic heterocycles. The fraction of sp³-hybridized carbons (Fsp3) is 0.647. The number of rotatable bonds is 7. The Bertz CT molecular complexity index is 569. The number of methoxy groups -OCH3 is 1. The fourth-order valence-electron chi connectivity index (χ4n) is 2.11. The number of nitrogens with zero attached hydrogens (tertiary/aromatic N) is 2. The van der Waals surface area contributed by atoms with E-state index in [1.165, 1.54) is 6.07 Å². The van der Waals surface area contributed by atoms with Gasteiger partial charge < -0.3 is 20.1 Å². The van der Waals surface area contributed by atoms with Crippen LogP contribution in [-0.2, 0) is 10.9 Å². The minimum Gasteiger partial charge on any atom is -0.476 e. The first-order chi connectivity index (χ1) is 12.1. The second kappa shape index (κ2) is 9.61. The fourth-order valence-corrected chi connectivity index (χ4v) is 2.11. The van der Waals surface area contributed by atoms with E-state index in [-0.39, 0.29) is 24.0 Å². The summed E-state index contributed by atoms with van der Waals surface area (Å²) in [6, 6.07) is 2.13. The molecule has 0 saturated heterocycles. The number of ether oxygens (including phenoxy) is 2. The standard InChI is InChI=1S/C17H27F3N4O2/c1-16(2,3)13(25-5)11-24-15(21-4)22-8-9-26-14-7-6-12(10-23-14)17(18,19)20/h6-7,10,13H,8-9,11H2,1-5H3,(H2,21,22,24). The first-order valence-electron chi connectivity index (χ1n) is 8.21. The van der Waals surface area contributed by atoms with Crippen LogP contribution in [0.2, 0.25) is 0 Å². The van der Waals surface area contributed by atoms with Gasteiger partial charge >= 0.3 is 6.18 Å². The molecule has 1 heterocycles. The Morgan fingerprint density at radius 3 is 2.38 bits per heavy atom. The number of aliphatic imine (C=N–C) groups is 1. The van der Waals surface area contributed by atoms with Crippen LogP contribution in [0.5, 0.6) is 5.88 Å². The number of halogens is 3. The van der Waals surface area contributed by atoms with Crippen molar-refractivity contribution in [1.82, 2.24) is 15.6 Å². The van der Waals surface area contributed by atoms with Crippen molar-refractivity contribution in [3.8, 4) is 5.88 Å². The minimum absolute atomic E-state index is 0.00801. The van der Waals surface area contributed by atoms with Crippen LogP contribution in [0.15, 0.2) is 23.3 Å². The number of hydrogen-bond acceptors (Lipinski definition) is 4. The third-order valence-corrected chi connectivity index (χ3v) is 3.64. The zero-order chi connectivity index (χ0) is 19.8. The van der Waals surface area contributed by atoms with Crippen molar-refractivity contribution in [3.05, 3.63) is 23.9 Å². The molecule has 1 unspecified atom stereocenters. The average molecular weight is 376 g/mol. The molecule has 0 spiro atoms. The minimum atomic E-state index is -4.40. The SMILES string of the molecule is CN=C(NCCOc1ccc(C(F)(F)F)cn1)NCC(OC)C(C)(C)C. The molecule has 0 aliphatic heterocycles. The van der Waals surface area contributed by atoms with Crippen molar-refractivity contribution in [2.75, 3.05) is 33.9 Å². The lowest BCUT2D eigenvalue weighted by Gasteiger charge is -2.30. The van der Waals surface area contributed by atoms with Crippen LogP contribution < -0.4 is 15.4 Å². The van der Waals surface area contributed by atoms with Gasteiger partial charge in [0, 0.05) is 33.0 Å². The van der Waals surface area contributed by atoms with Gasteiger partial charge in [0.2, 0.25) is 5.88 Å². The van der Waals surface area contributed by atoms with Gasteiger partial charge in [-0.1, -0.05) is 20.8 Å². The van der Waals surface area contributed by atoms with Gasteiger partial charge in [-0.2, -0.15) is 13.2 Å². The second-order valence-electron chi connectivity index (χ2n) is 6.70. The van der Waals surface area contributed by atoms with E-state index in [4.69, 9.17) is 9.47 Å². The molecule has 0 bridgehead atoms. The summed E-state index contributed by atoms with van der Waals surface area (Å²) in [5.74, 6) is 0.718. The van der Waals surface area contributed by atoms with Crippen molar-refractivity contribution < 1.29 is 22.6 Å². The van der Waals surface area contributed by atoms with Gasteiger partial charge in [-0.05, 0) is 11.5 Å². The summed E-state index contributed by atoms with van der Waals surface area (Å²) in [7, 11) is 3.31. The predicted octanol–water partition coefficient (Wildman–Crippen LogP) is 2.71. The highest BCUT2D eigenvalue weighted by Gasteiger charge is 2.30. The van der Waals surface area contributed by atoms with E-state index in [1.54, 1.807) is 14.2 Å². The van der Waals surface area contributed by atoms with E-state index < -0.39 is 11.7 Å².